The van der Waals surface area contributed by atoms with Gasteiger partial charge in [0.05, 0.1) is 24.9 Å². The van der Waals surface area contributed by atoms with Gasteiger partial charge in [0.1, 0.15) is 29.6 Å². The second-order valence-corrected chi connectivity index (χ2v) is 8.63. The second-order valence-electron chi connectivity index (χ2n) is 8.63. The Morgan fingerprint density at radius 2 is 2.03 bits per heavy atom. The number of hydrogen-bond acceptors (Lipinski definition) is 10. The highest BCUT2D eigenvalue weighted by atomic mass is 16.5. The molecule has 0 saturated heterocycles. The quantitative estimate of drug-likeness (QED) is 0.278. The van der Waals surface area contributed by atoms with Gasteiger partial charge in [0.25, 0.3) is 0 Å². The number of nitrogens with one attached hydrogen (secondary N) is 3. The van der Waals surface area contributed by atoms with Crippen LogP contribution in [0.25, 0.3) is 0 Å². The van der Waals surface area contributed by atoms with E-state index in [0.29, 0.717) is 41.7 Å². The van der Waals surface area contributed by atoms with Crippen molar-refractivity contribution < 1.29 is 19.4 Å². The van der Waals surface area contributed by atoms with Gasteiger partial charge in [-0.15, -0.1) is 0 Å². The number of amides is 1. The fourth-order valence-electron chi connectivity index (χ4n) is 3.89. The minimum Gasteiger partial charge on any atom is -0.496 e. The SMILES string of the molecule is CNCCN(C)CCNc1ncnc2c1C(C=Nc1ccc(OC)c(CN(C)CC(=O)O)c1)C(=O)N2. The van der Waals surface area contributed by atoms with Crippen LogP contribution in [0.4, 0.5) is 17.3 Å². The number of aromatic nitrogens is 2. The third-order valence-corrected chi connectivity index (χ3v) is 5.73. The van der Waals surface area contributed by atoms with Crippen LogP contribution in [0.2, 0.25) is 0 Å². The molecule has 1 unspecified atom stereocenters. The zero-order valence-corrected chi connectivity index (χ0v) is 21.1. The minimum absolute atomic E-state index is 0.100. The lowest BCUT2D eigenvalue weighted by molar-refractivity contribution is -0.138. The highest BCUT2D eigenvalue weighted by Gasteiger charge is 2.33. The Labute approximate surface area is 210 Å². The number of methoxy groups -OCH3 is 1. The van der Waals surface area contributed by atoms with Crippen LogP contribution in [0.15, 0.2) is 29.5 Å². The Morgan fingerprint density at radius 1 is 1.25 bits per heavy atom. The van der Waals surface area contributed by atoms with E-state index in [-0.39, 0.29) is 12.5 Å². The van der Waals surface area contributed by atoms with Crippen molar-refractivity contribution in [3.05, 3.63) is 35.7 Å². The molecule has 1 aliphatic rings. The van der Waals surface area contributed by atoms with Gasteiger partial charge in [-0.1, -0.05) is 0 Å². The zero-order chi connectivity index (χ0) is 26.1. The Balaban J connectivity index is 1.76. The maximum atomic E-state index is 12.7. The number of aliphatic carboxylic acids is 1. The van der Waals surface area contributed by atoms with Crippen LogP contribution < -0.4 is 20.7 Å². The Hall–Kier alpha value is -3.61. The van der Waals surface area contributed by atoms with Crippen molar-refractivity contribution in [1.82, 2.24) is 25.1 Å². The number of anilines is 2. The van der Waals surface area contributed by atoms with Crippen LogP contribution in [0, 0.1) is 0 Å². The number of nitrogens with zero attached hydrogens (tertiary/aromatic N) is 5. The second kappa shape index (κ2) is 12.9. The van der Waals surface area contributed by atoms with Crippen molar-refractivity contribution >= 4 is 35.4 Å². The predicted octanol–water partition coefficient (Wildman–Crippen LogP) is 1.00. The number of hydrogen-bond donors (Lipinski definition) is 4. The van der Waals surface area contributed by atoms with Crippen molar-refractivity contribution in [2.75, 3.05) is 71.6 Å². The third-order valence-electron chi connectivity index (χ3n) is 5.73. The molecule has 194 valence electrons. The van der Waals surface area contributed by atoms with Gasteiger partial charge in [-0.2, -0.15) is 0 Å². The summed E-state index contributed by atoms with van der Waals surface area (Å²) in [7, 11) is 7.25. The van der Waals surface area contributed by atoms with Crippen LogP contribution in [0.1, 0.15) is 17.0 Å². The monoisotopic (exact) mass is 498 g/mol. The van der Waals surface area contributed by atoms with E-state index in [4.69, 9.17) is 9.84 Å². The topological polar surface area (TPSA) is 144 Å². The van der Waals surface area contributed by atoms with E-state index in [1.807, 2.05) is 20.2 Å². The maximum absolute atomic E-state index is 12.7. The Kier molecular flexibility index (Phi) is 9.68. The molecule has 1 aliphatic heterocycles. The van der Waals surface area contributed by atoms with Crippen LogP contribution >= 0.6 is 0 Å². The summed E-state index contributed by atoms with van der Waals surface area (Å²) in [6.07, 6.45) is 3.01. The van der Waals surface area contributed by atoms with E-state index in [1.54, 1.807) is 37.4 Å². The number of ether oxygens (including phenoxy) is 1. The molecule has 2 heterocycles. The first-order valence-electron chi connectivity index (χ1n) is 11.7. The number of likely N-dealkylation sites (N-methyl/N-ethyl adjacent to an activating group) is 3. The van der Waals surface area contributed by atoms with Gasteiger partial charge >= 0.3 is 5.97 Å². The largest absolute Gasteiger partial charge is 0.496 e. The van der Waals surface area contributed by atoms with Crippen molar-refractivity contribution in [1.29, 1.82) is 0 Å². The number of rotatable bonds is 14. The van der Waals surface area contributed by atoms with Gasteiger partial charge in [0.2, 0.25) is 5.91 Å². The van der Waals surface area contributed by atoms with Crippen molar-refractivity contribution in [3.8, 4) is 5.75 Å². The van der Waals surface area contributed by atoms with E-state index in [9.17, 15) is 9.59 Å². The average molecular weight is 499 g/mol. The predicted molar refractivity (Wildman–Crippen MR) is 138 cm³/mol. The lowest BCUT2D eigenvalue weighted by Crippen LogP contribution is -2.31. The van der Waals surface area contributed by atoms with Gasteiger partial charge < -0.3 is 30.7 Å². The zero-order valence-electron chi connectivity index (χ0n) is 21.1. The van der Waals surface area contributed by atoms with Crippen LogP contribution in [-0.2, 0) is 16.1 Å². The first kappa shape index (κ1) is 27.0. The van der Waals surface area contributed by atoms with Crippen molar-refractivity contribution in [2.45, 2.75) is 12.5 Å². The van der Waals surface area contributed by atoms with E-state index in [0.717, 1.165) is 25.2 Å². The number of benzene rings is 1. The minimum atomic E-state index is -0.909. The average Bonchev–Trinajstić information content (AvgIpc) is 3.16. The first-order valence-corrected chi connectivity index (χ1v) is 11.7. The van der Waals surface area contributed by atoms with Crippen molar-refractivity contribution in [2.24, 2.45) is 4.99 Å². The van der Waals surface area contributed by atoms with Gasteiger partial charge in [-0.05, 0) is 39.3 Å². The van der Waals surface area contributed by atoms with Crippen LogP contribution in [0.3, 0.4) is 0 Å². The molecule has 1 atom stereocenters. The number of carboxylic acid groups (broad SMARTS) is 1. The molecule has 1 amide bonds. The number of aliphatic imine (C=N–C) groups is 1. The Bertz CT molecular complexity index is 1090. The summed E-state index contributed by atoms with van der Waals surface area (Å²) in [5, 5.41) is 18.3. The lowest BCUT2D eigenvalue weighted by Gasteiger charge is -2.17. The molecule has 0 saturated carbocycles. The molecule has 12 heteroatoms. The number of carboxylic acids is 1. The maximum Gasteiger partial charge on any atom is 0.317 e. The van der Waals surface area contributed by atoms with E-state index in [2.05, 4.69) is 35.8 Å². The van der Waals surface area contributed by atoms with Crippen molar-refractivity contribution in [3.63, 3.8) is 0 Å². The molecule has 1 aromatic heterocycles. The summed E-state index contributed by atoms with van der Waals surface area (Å²) in [6.45, 7) is 3.57. The Morgan fingerprint density at radius 3 is 2.75 bits per heavy atom. The van der Waals surface area contributed by atoms with E-state index < -0.39 is 11.9 Å². The molecule has 0 spiro atoms. The highest BCUT2D eigenvalue weighted by molar-refractivity contribution is 6.13. The molecule has 12 nitrogen and oxygen atoms in total. The highest BCUT2D eigenvalue weighted by Crippen LogP contribution is 2.35. The van der Waals surface area contributed by atoms with Gasteiger partial charge in [0.15, 0.2) is 0 Å². The number of fused-ring (bicyclic) bond motifs is 1. The third kappa shape index (κ3) is 7.20. The molecule has 2 aromatic rings. The molecule has 0 fully saturated rings. The van der Waals surface area contributed by atoms with Crippen LogP contribution in [-0.4, -0.2) is 104 Å². The summed E-state index contributed by atoms with van der Waals surface area (Å²) in [4.78, 5) is 40.7. The summed E-state index contributed by atoms with van der Waals surface area (Å²) in [6, 6.07) is 5.38. The summed E-state index contributed by atoms with van der Waals surface area (Å²) in [5.74, 6) is -0.0717. The molecular formula is C24H34N8O4. The molecule has 0 radical (unpaired) electrons. The summed E-state index contributed by atoms with van der Waals surface area (Å²) < 4.78 is 5.42. The standard InChI is InChI=1S/C24H34N8O4/c1-25-7-9-31(2)10-8-26-22-21-18(24(35)30-23(21)29-15-28-22)12-27-17-5-6-19(36-4)16(11-17)13-32(3)14-20(33)34/h5-6,11-12,15,18,25H,7-10,13-14H2,1-4H3,(H,33,34)(H2,26,28,29,30,35). The lowest BCUT2D eigenvalue weighted by atomic mass is 10.0. The van der Waals surface area contributed by atoms with E-state index >= 15 is 0 Å². The summed E-state index contributed by atoms with van der Waals surface area (Å²) in [5.41, 5.74) is 2.08. The molecule has 0 aliphatic carbocycles. The summed E-state index contributed by atoms with van der Waals surface area (Å²) >= 11 is 0. The smallest absolute Gasteiger partial charge is 0.317 e. The van der Waals surface area contributed by atoms with Gasteiger partial charge in [-0.3, -0.25) is 19.5 Å². The fourth-order valence-corrected chi connectivity index (χ4v) is 3.89. The molecule has 3 rings (SSSR count). The van der Waals surface area contributed by atoms with Gasteiger partial charge in [-0.25, -0.2) is 9.97 Å². The molecule has 4 N–H and O–H groups in total. The first-order chi connectivity index (χ1) is 17.3. The normalized spacial score (nSPS) is 14.9. The molecule has 0 bridgehead atoms. The number of carbonyl (C=O) groups is 2. The van der Waals surface area contributed by atoms with E-state index in [1.165, 1.54) is 6.33 Å². The van der Waals surface area contributed by atoms with Crippen LogP contribution in [0.5, 0.6) is 5.75 Å². The molecule has 36 heavy (non-hydrogen) atoms. The fraction of sp³-hybridized carbons (Fsp3) is 0.458. The molecule has 1 aromatic carbocycles. The van der Waals surface area contributed by atoms with Gasteiger partial charge in [0, 0.05) is 44.5 Å². The molecular weight excluding hydrogens is 464 g/mol. The number of carbonyl (C=O) groups excluding carboxylic acids is 1.